The van der Waals surface area contributed by atoms with Gasteiger partial charge in [-0.3, -0.25) is 0 Å². The highest BCUT2D eigenvalue weighted by molar-refractivity contribution is 5.67. The molecule has 15 heavy (non-hydrogen) atoms. The third kappa shape index (κ3) is 4.51. The van der Waals surface area contributed by atoms with Crippen molar-refractivity contribution in [1.29, 1.82) is 0 Å². The van der Waals surface area contributed by atoms with Gasteiger partial charge in [0, 0.05) is 18.1 Å². The monoisotopic (exact) mass is 214 g/mol. The topological polar surface area (TPSA) is 50.4 Å². The minimum Gasteiger partial charge on any atom is -0.444 e. The lowest BCUT2D eigenvalue weighted by Crippen LogP contribution is -2.63. The summed E-state index contributed by atoms with van der Waals surface area (Å²) in [5, 5.41) is 6.12. The fourth-order valence-corrected chi connectivity index (χ4v) is 1.79. The van der Waals surface area contributed by atoms with E-state index in [9.17, 15) is 4.79 Å². The molecule has 1 atom stereocenters. The number of hydrogen-bond acceptors (Lipinski definition) is 3. The average Bonchev–Trinajstić information content (AvgIpc) is 1.93. The average molecular weight is 214 g/mol. The van der Waals surface area contributed by atoms with E-state index in [2.05, 4.69) is 24.5 Å². The Morgan fingerprint density at radius 3 is 2.47 bits per heavy atom. The lowest BCUT2D eigenvalue weighted by Gasteiger charge is -2.44. The third-order valence-electron chi connectivity index (χ3n) is 2.24. The van der Waals surface area contributed by atoms with E-state index in [1.54, 1.807) is 0 Å². The van der Waals surface area contributed by atoms with Crippen LogP contribution in [0.1, 0.15) is 41.0 Å². The van der Waals surface area contributed by atoms with Crippen LogP contribution in [-0.4, -0.2) is 29.8 Å². The number of hydrogen-bond donors (Lipinski definition) is 2. The van der Waals surface area contributed by atoms with Crippen molar-refractivity contribution in [3.63, 3.8) is 0 Å². The zero-order valence-electron chi connectivity index (χ0n) is 10.3. The third-order valence-corrected chi connectivity index (χ3v) is 2.24. The van der Waals surface area contributed by atoms with E-state index in [4.69, 9.17) is 4.74 Å². The molecular formula is C11H22N2O2. The molecule has 0 aromatic heterocycles. The number of amides is 1. The van der Waals surface area contributed by atoms with Crippen LogP contribution in [0, 0.1) is 0 Å². The first kappa shape index (κ1) is 12.3. The molecule has 0 aliphatic carbocycles. The Hall–Kier alpha value is -0.770. The second-order valence-corrected chi connectivity index (χ2v) is 5.81. The van der Waals surface area contributed by atoms with Gasteiger partial charge in [-0.2, -0.15) is 0 Å². The Morgan fingerprint density at radius 1 is 1.53 bits per heavy atom. The molecule has 0 bridgehead atoms. The van der Waals surface area contributed by atoms with Crippen LogP contribution in [0.15, 0.2) is 0 Å². The van der Waals surface area contributed by atoms with E-state index in [-0.39, 0.29) is 11.6 Å². The lowest BCUT2D eigenvalue weighted by atomic mass is 9.85. The van der Waals surface area contributed by atoms with Crippen molar-refractivity contribution in [2.24, 2.45) is 0 Å². The molecule has 4 nitrogen and oxygen atoms in total. The van der Waals surface area contributed by atoms with Crippen LogP contribution < -0.4 is 10.6 Å². The van der Waals surface area contributed by atoms with Gasteiger partial charge in [0.2, 0.25) is 0 Å². The molecule has 1 rings (SSSR count). The summed E-state index contributed by atoms with van der Waals surface area (Å²) in [5.74, 6) is 0. The van der Waals surface area contributed by atoms with Gasteiger partial charge >= 0.3 is 6.09 Å². The van der Waals surface area contributed by atoms with Gasteiger partial charge in [-0.25, -0.2) is 4.79 Å². The molecule has 0 saturated carbocycles. The fourth-order valence-electron chi connectivity index (χ4n) is 1.79. The molecule has 1 heterocycles. The number of carbonyl (C=O) groups is 1. The lowest BCUT2D eigenvalue weighted by molar-refractivity contribution is 0.0501. The summed E-state index contributed by atoms with van der Waals surface area (Å²) in [6.45, 7) is 10.5. The maximum atomic E-state index is 11.3. The van der Waals surface area contributed by atoms with Crippen LogP contribution in [0.3, 0.4) is 0 Å². The Balaban J connectivity index is 2.14. The fraction of sp³-hybridized carbons (Fsp3) is 0.909. The molecule has 88 valence electrons. The zero-order chi connectivity index (χ0) is 11.7. The van der Waals surface area contributed by atoms with Gasteiger partial charge in [-0.15, -0.1) is 0 Å². The van der Waals surface area contributed by atoms with Crippen molar-refractivity contribution in [1.82, 2.24) is 10.6 Å². The number of nitrogens with one attached hydrogen (secondary N) is 2. The molecule has 0 aromatic carbocycles. The van der Waals surface area contributed by atoms with Crippen molar-refractivity contribution >= 4 is 6.09 Å². The molecule has 2 N–H and O–H groups in total. The van der Waals surface area contributed by atoms with Gasteiger partial charge in [0.25, 0.3) is 0 Å². The maximum absolute atomic E-state index is 11.3. The molecule has 1 aliphatic rings. The van der Waals surface area contributed by atoms with E-state index in [0.29, 0.717) is 12.6 Å². The van der Waals surface area contributed by atoms with Crippen LogP contribution in [-0.2, 0) is 4.74 Å². The summed E-state index contributed by atoms with van der Waals surface area (Å²) in [6, 6.07) is 0.382. The van der Waals surface area contributed by atoms with Crippen molar-refractivity contribution in [3.8, 4) is 0 Å². The van der Waals surface area contributed by atoms with Crippen LogP contribution in [0.4, 0.5) is 4.79 Å². The summed E-state index contributed by atoms with van der Waals surface area (Å²) in [6.07, 6.45) is 0.747. The van der Waals surface area contributed by atoms with E-state index < -0.39 is 5.60 Å². The predicted octanol–water partition coefficient (Wildman–Crippen LogP) is 1.65. The van der Waals surface area contributed by atoms with Gasteiger partial charge < -0.3 is 15.4 Å². The molecule has 1 unspecified atom stereocenters. The summed E-state index contributed by atoms with van der Waals surface area (Å²) < 4.78 is 5.13. The SMILES string of the molecule is CC1(C)CC(CNC(=O)OC(C)(C)C)N1. The molecule has 1 amide bonds. The summed E-state index contributed by atoms with van der Waals surface area (Å²) in [5.41, 5.74) is -0.198. The first-order valence-electron chi connectivity index (χ1n) is 5.42. The van der Waals surface area contributed by atoms with E-state index >= 15 is 0 Å². The highest BCUT2D eigenvalue weighted by Gasteiger charge is 2.35. The van der Waals surface area contributed by atoms with Crippen LogP contribution in [0.2, 0.25) is 0 Å². The largest absolute Gasteiger partial charge is 0.444 e. The molecule has 1 saturated heterocycles. The van der Waals surface area contributed by atoms with Crippen molar-refractivity contribution in [2.45, 2.75) is 58.2 Å². The number of rotatable bonds is 2. The van der Waals surface area contributed by atoms with Gasteiger partial charge in [0.05, 0.1) is 0 Å². The number of ether oxygens (including phenoxy) is 1. The van der Waals surface area contributed by atoms with E-state index in [0.717, 1.165) is 6.42 Å². The van der Waals surface area contributed by atoms with Crippen LogP contribution >= 0.6 is 0 Å². The van der Waals surface area contributed by atoms with Gasteiger partial charge in [-0.05, 0) is 41.0 Å². The minimum absolute atomic E-state index is 0.222. The summed E-state index contributed by atoms with van der Waals surface area (Å²) in [4.78, 5) is 11.3. The van der Waals surface area contributed by atoms with Gasteiger partial charge in [-0.1, -0.05) is 0 Å². The van der Waals surface area contributed by atoms with Crippen LogP contribution in [0.5, 0.6) is 0 Å². The predicted molar refractivity (Wildman–Crippen MR) is 59.9 cm³/mol. The standard InChI is InChI=1S/C11H22N2O2/c1-10(2,3)15-9(14)12-7-8-6-11(4,5)13-8/h8,13H,6-7H2,1-5H3,(H,12,14). The summed E-state index contributed by atoms with van der Waals surface area (Å²) in [7, 11) is 0. The number of alkyl carbamates (subject to hydrolysis) is 1. The minimum atomic E-state index is -0.420. The van der Waals surface area contributed by atoms with Crippen molar-refractivity contribution in [3.05, 3.63) is 0 Å². The summed E-state index contributed by atoms with van der Waals surface area (Å²) >= 11 is 0. The Labute approximate surface area is 91.8 Å². The second-order valence-electron chi connectivity index (χ2n) is 5.81. The quantitative estimate of drug-likeness (QED) is 0.735. The molecule has 1 aliphatic heterocycles. The second kappa shape index (κ2) is 4.00. The molecule has 1 fully saturated rings. The smallest absolute Gasteiger partial charge is 0.407 e. The van der Waals surface area contributed by atoms with Crippen molar-refractivity contribution < 1.29 is 9.53 Å². The van der Waals surface area contributed by atoms with Crippen LogP contribution in [0.25, 0.3) is 0 Å². The van der Waals surface area contributed by atoms with Crippen molar-refractivity contribution in [2.75, 3.05) is 6.54 Å². The highest BCUT2D eigenvalue weighted by atomic mass is 16.6. The Bertz CT molecular complexity index is 235. The highest BCUT2D eigenvalue weighted by Crippen LogP contribution is 2.22. The van der Waals surface area contributed by atoms with Gasteiger partial charge in [0.1, 0.15) is 5.60 Å². The zero-order valence-corrected chi connectivity index (χ0v) is 10.3. The van der Waals surface area contributed by atoms with Gasteiger partial charge in [0.15, 0.2) is 0 Å². The first-order chi connectivity index (χ1) is 6.68. The Kier molecular flexibility index (Phi) is 3.28. The molecule has 0 aromatic rings. The molecule has 0 spiro atoms. The normalized spacial score (nSPS) is 24.2. The Morgan fingerprint density at radius 2 is 2.07 bits per heavy atom. The molecule has 4 heteroatoms. The van der Waals surface area contributed by atoms with E-state index in [1.165, 1.54) is 0 Å². The number of carbonyl (C=O) groups excluding carboxylic acids is 1. The maximum Gasteiger partial charge on any atom is 0.407 e. The van der Waals surface area contributed by atoms with E-state index in [1.807, 2.05) is 20.8 Å². The molecule has 0 radical (unpaired) electrons. The first-order valence-corrected chi connectivity index (χ1v) is 5.42. The molecular weight excluding hydrogens is 192 g/mol.